The second kappa shape index (κ2) is 5.65. The molecule has 2 N–H and O–H groups in total. The lowest BCUT2D eigenvalue weighted by atomic mass is 9.95. The minimum absolute atomic E-state index is 0.223. The molecular weight excluding hydrogens is 182 g/mol. The third kappa shape index (κ3) is 3.79. The highest BCUT2D eigenvalue weighted by Gasteiger charge is 2.16. The van der Waals surface area contributed by atoms with Crippen molar-refractivity contribution in [2.24, 2.45) is 5.92 Å². The lowest BCUT2D eigenvalue weighted by molar-refractivity contribution is -0.131. The Morgan fingerprint density at radius 1 is 1.57 bits per heavy atom. The Kier molecular flexibility index (Phi) is 4.46. The van der Waals surface area contributed by atoms with Gasteiger partial charge in [-0.3, -0.25) is 0 Å². The van der Waals surface area contributed by atoms with E-state index in [4.69, 9.17) is 10.2 Å². The predicted octanol–water partition coefficient (Wildman–Crippen LogP) is 0.679. The molecule has 0 amide bonds. The fraction of sp³-hybridized carbons (Fsp3) is 0.700. The molecule has 0 aromatic heterocycles. The molecule has 0 aromatic carbocycles. The fourth-order valence-electron chi connectivity index (χ4n) is 1.82. The molecule has 80 valence electrons. The number of carboxylic acid groups (broad SMARTS) is 1. The van der Waals surface area contributed by atoms with E-state index in [1.54, 1.807) is 6.20 Å². The minimum Gasteiger partial charge on any atom is -0.478 e. The molecule has 0 aromatic rings. The van der Waals surface area contributed by atoms with Gasteiger partial charge in [-0.1, -0.05) is 0 Å². The average Bonchev–Trinajstić information content (AvgIpc) is 2.16. The summed E-state index contributed by atoms with van der Waals surface area (Å²) in [5, 5.41) is 17.3. The van der Waals surface area contributed by atoms with E-state index in [-0.39, 0.29) is 6.61 Å². The Labute approximate surface area is 83.8 Å². The molecule has 0 radical (unpaired) electrons. The summed E-state index contributed by atoms with van der Waals surface area (Å²) < 4.78 is 0. The SMILES string of the molecule is O=C(O)/C=C/N1CCCC(CCO)C1. The third-order valence-electron chi connectivity index (χ3n) is 2.52. The largest absolute Gasteiger partial charge is 0.478 e. The lowest BCUT2D eigenvalue weighted by Gasteiger charge is -2.31. The van der Waals surface area contributed by atoms with E-state index in [1.165, 1.54) is 6.08 Å². The molecule has 1 aliphatic heterocycles. The van der Waals surface area contributed by atoms with Crippen molar-refractivity contribution in [3.63, 3.8) is 0 Å². The van der Waals surface area contributed by atoms with Crippen LogP contribution >= 0.6 is 0 Å². The summed E-state index contributed by atoms with van der Waals surface area (Å²) in [7, 11) is 0. The van der Waals surface area contributed by atoms with Gasteiger partial charge in [-0.25, -0.2) is 4.79 Å². The smallest absolute Gasteiger partial charge is 0.329 e. The maximum atomic E-state index is 10.3. The van der Waals surface area contributed by atoms with Crippen molar-refractivity contribution in [3.8, 4) is 0 Å². The van der Waals surface area contributed by atoms with Crippen LogP contribution in [0, 0.1) is 5.92 Å². The maximum Gasteiger partial charge on any atom is 0.329 e. The first-order chi connectivity index (χ1) is 6.72. The molecule has 1 aliphatic rings. The number of carbonyl (C=O) groups is 1. The van der Waals surface area contributed by atoms with Gasteiger partial charge in [0, 0.05) is 32.0 Å². The zero-order valence-corrected chi connectivity index (χ0v) is 8.22. The van der Waals surface area contributed by atoms with Gasteiger partial charge in [0.2, 0.25) is 0 Å². The number of hydrogen-bond donors (Lipinski definition) is 2. The van der Waals surface area contributed by atoms with Gasteiger partial charge in [0.1, 0.15) is 0 Å². The summed E-state index contributed by atoms with van der Waals surface area (Å²) in [6, 6.07) is 0. The van der Waals surface area contributed by atoms with Crippen LogP contribution in [0.3, 0.4) is 0 Å². The molecule has 1 heterocycles. The number of piperidine rings is 1. The molecular formula is C10H17NO3. The molecule has 0 aliphatic carbocycles. The number of nitrogens with zero attached hydrogens (tertiary/aromatic N) is 1. The fourth-order valence-corrected chi connectivity index (χ4v) is 1.82. The second-order valence-corrected chi connectivity index (χ2v) is 3.67. The highest BCUT2D eigenvalue weighted by molar-refractivity contribution is 5.79. The maximum absolute atomic E-state index is 10.3. The standard InChI is InChI=1S/C10H17NO3/c12-7-4-9-2-1-5-11(8-9)6-3-10(13)14/h3,6,9,12H,1-2,4-5,7-8H2,(H,13,14)/b6-3+. The van der Waals surface area contributed by atoms with Gasteiger partial charge in [0.25, 0.3) is 0 Å². The van der Waals surface area contributed by atoms with Crippen LogP contribution in [0.25, 0.3) is 0 Å². The quantitative estimate of drug-likeness (QED) is 0.654. The Bertz CT molecular complexity index is 213. The Morgan fingerprint density at radius 3 is 3.00 bits per heavy atom. The molecule has 4 heteroatoms. The molecule has 4 nitrogen and oxygen atoms in total. The van der Waals surface area contributed by atoms with Crippen LogP contribution in [0.1, 0.15) is 19.3 Å². The van der Waals surface area contributed by atoms with Gasteiger partial charge >= 0.3 is 5.97 Å². The molecule has 1 rings (SSSR count). The van der Waals surface area contributed by atoms with Gasteiger partial charge in [-0.05, 0) is 25.2 Å². The van der Waals surface area contributed by atoms with Gasteiger partial charge in [-0.2, -0.15) is 0 Å². The second-order valence-electron chi connectivity index (χ2n) is 3.67. The van der Waals surface area contributed by atoms with Crippen LogP contribution < -0.4 is 0 Å². The van der Waals surface area contributed by atoms with E-state index >= 15 is 0 Å². The summed E-state index contributed by atoms with van der Waals surface area (Å²) in [4.78, 5) is 12.3. The van der Waals surface area contributed by atoms with Crippen molar-refractivity contribution in [3.05, 3.63) is 12.3 Å². The van der Waals surface area contributed by atoms with Crippen LogP contribution in [-0.2, 0) is 4.79 Å². The Balaban J connectivity index is 2.35. The van der Waals surface area contributed by atoms with Gasteiger partial charge in [-0.15, -0.1) is 0 Å². The van der Waals surface area contributed by atoms with Crippen molar-refractivity contribution in [2.75, 3.05) is 19.7 Å². The number of carboxylic acids is 1. The lowest BCUT2D eigenvalue weighted by Crippen LogP contribution is -2.31. The van der Waals surface area contributed by atoms with Gasteiger partial charge in [0.15, 0.2) is 0 Å². The van der Waals surface area contributed by atoms with Gasteiger partial charge < -0.3 is 15.1 Å². The molecule has 0 spiro atoms. The highest BCUT2D eigenvalue weighted by Crippen LogP contribution is 2.19. The van der Waals surface area contributed by atoms with E-state index in [0.717, 1.165) is 32.4 Å². The summed E-state index contributed by atoms with van der Waals surface area (Å²) in [5.74, 6) is -0.401. The number of hydrogen-bond acceptors (Lipinski definition) is 3. The van der Waals surface area contributed by atoms with Crippen LogP contribution in [0.2, 0.25) is 0 Å². The Morgan fingerprint density at radius 2 is 2.36 bits per heavy atom. The molecule has 0 saturated carbocycles. The van der Waals surface area contributed by atoms with Crippen molar-refractivity contribution < 1.29 is 15.0 Å². The monoisotopic (exact) mass is 199 g/mol. The van der Waals surface area contributed by atoms with Gasteiger partial charge in [0.05, 0.1) is 0 Å². The summed E-state index contributed by atoms with van der Waals surface area (Å²) >= 11 is 0. The highest BCUT2D eigenvalue weighted by atomic mass is 16.4. The summed E-state index contributed by atoms with van der Waals surface area (Å²) in [5.41, 5.74) is 0. The van der Waals surface area contributed by atoms with Crippen molar-refractivity contribution >= 4 is 5.97 Å². The first-order valence-corrected chi connectivity index (χ1v) is 4.98. The molecule has 1 saturated heterocycles. The number of aliphatic hydroxyl groups excluding tert-OH is 1. The van der Waals surface area contributed by atoms with Crippen molar-refractivity contribution in [1.82, 2.24) is 4.90 Å². The van der Waals surface area contributed by atoms with E-state index in [9.17, 15) is 4.79 Å². The number of aliphatic carboxylic acids is 1. The normalized spacial score (nSPS) is 22.9. The van der Waals surface area contributed by atoms with Crippen LogP contribution in [0.5, 0.6) is 0 Å². The number of likely N-dealkylation sites (tertiary alicyclic amines) is 1. The van der Waals surface area contributed by atoms with Crippen LogP contribution in [0.4, 0.5) is 0 Å². The van der Waals surface area contributed by atoms with E-state index < -0.39 is 5.97 Å². The number of aliphatic hydroxyl groups is 1. The summed E-state index contributed by atoms with van der Waals surface area (Å²) in [6.07, 6.45) is 5.83. The van der Waals surface area contributed by atoms with Crippen molar-refractivity contribution in [2.45, 2.75) is 19.3 Å². The third-order valence-corrected chi connectivity index (χ3v) is 2.52. The molecule has 0 bridgehead atoms. The summed E-state index contributed by atoms with van der Waals surface area (Å²) in [6.45, 7) is 2.01. The number of rotatable bonds is 4. The first-order valence-electron chi connectivity index (χ1n) is 4.98. The van der Waals surface area contributed by atoms with E-state index in [1.807, 2.05) is 4.90 Å². The molecule has 1 atom stereocenters. The first kappa shape index (κ1) is 11.0. The van der Waals surface area contributed by atoms with Crippen molar-refractivity contribution in [1.29, 1.82) is 0 Å². The minimum atomic E-state index is -0.908. The molecule has 1 unspecified atom stereocenters. The topological polar surface area (TPSA) is 60.8 Å². The van der Waals surface area contributed by atoms with E-state index in [2.05, 4.69) is 0 Å². The predicted molar refractivity (Wildman–Crippen MR) is 52.8 cm³/mol. The van der Waals surface area contributed by atoms with Crippen LogP contribution in [-0.4, -0.2) is 40.8 Å². The Hall–Kier alpha value is -1.03. The zero-order chi connectivity index (χ0) is 10.4. The van der Waals surface area contributed by atoms with E-state index in [0.29, 0.717) is 5.92 Å². The van der Waals surface area contributed by atoms with Crippen LogP contribution in [0.15, 0.2) is 12.3 Å². The zero-order valence-electron chi connectivity index (χ0n) is 8.22. The average molecular weight is 199 g/mol. The molecule has 1 fully saturated rings. The molecule has 14 heavy (non-hydrogen) atoms.